The quantitative estimate of drug-likeness (QED) is 0.774. The molecule has 3 nitrogen and oxygen atoms in total. The predicted molar refractivity (Wildman–Crippen MR) is 74.3 cm³/mol. The lowest BCUT2D eigenvalue weighted by Crippen LogP contribution is -2.47. The van der Waals surface area contributed by atoms with Crippen LogP contribution < -0.4 is 5.73 Å². The first kappa shape index (κ1) is 9.26. The normalized spacial score (nSPS) is 28.6. The smallest absolute Gasteiger partial charge is 0.150 e. The van der Waals surface area contributed by atoms with Gasteiger partial charge in [-0.25, -0.2) is 8.78 Å². The molecule has 104 valence electrons. The fraction of sp³-hybridized carbons (Fsp3) is 0.333. The minimum absolute atomic E-state index is 0.177. The SMILES string of the molecule is [2H]C([2H])([2H])N1C[C@@H](N)C=C2c3c(F)cc(F)c4[nH]cc(c34)C[C@H]21. The highest BCUT2D eigenvalue weighted by Crippen LogP contribution is 2.41. The van der Waals surface area contributed by atoms with Crippen molar-refractivity contribution in [3.63, 3.8) is 0 Å². The van der Waals surface area contributed by atoms with Gasteiger partial charge in [-0.2, -0.15) is 0 Å². The topological polar surface area (TPSA) is 45.0 Å². The Hall–Kier alpha value is -1.72. The maximum atomic E-state index is 14.5. The Morgan fingerprint density at radius 1 is 1.45 bits per heavy atom. The van der Waals surface area contributed by atoms with Crippen molar-refractivity contribution in [2.24, 2.45) is 5.73 Å². The number of nitrogens with zero attached hydrogens (tertiary/aromatic N) is 1. The molecule has 1 aliphatic heterocycles. The molecule has 0 fully saturated rings. The van der Waals surface area contributed by atoms with Crippen LogP contribution in [-0.2, 0) is 6.42 Å². The Morgan fingerprint density at radius 2 is 2.30 bits per heavy atom. The first-order valence-corrected chi connectivity index (χ1v) is 6.49. The molecule has 2 aromatic rings. The van der Waals surface area contributed by atoms with Gasteiger partial charge < -0.3 is 10.7 Å². The second-order valence-electron chi connectivity index (χ2n) is 5.44. The molecule has 5 heteroatoms. The maximum Gasteiger partial charge on any atom is 0.150 e. The Labute approximate surface area is 119 Å². The van der Waals surface area contributed by atoms with Gasteiger partial charge in [0.1, 0.15) is 11.6 Å². The molecule has 0 saturated heterocycles. The van der Waals surface area contributed by atoms with E-state index < -0.39 is 30.7 Å². The molecule has 0 saturated carbocycles. The number of nitrogens with two attached hydrogens (primary N) is 1. The number of hydrogen-bond donors (Lipinski definition) is 2. The molecule has 1 aromatic heterocycles. The molecule has 0 unspecified atom stereocenters. The first-order chi connectivity index (χ1) is 10.8. The highest BCUT2D eigenvalue weighted by molar-refractivity contribution is 5.99. The average molecular weight is 278 g/mol. The van der Waals surface area contributed by atoms with Crippen LogP contribution in [0.3, 0.4) is 0 Å². The average Bonchev–Trinajstić information content (AvgIpc) is 2.86. The number of aromatic amines is 1. The van der Waals surface area contributed by atoms with E-state index in [1.807, 2.05) is 0 Å². The van der Waals surface area contributed by atoms with Crippen LogP contribution in [0.4, 0.5) is 8.78 Å². The lowest BCUT2D eigenvalue weighted by atomic mass is 9.81. The summed E-state index contributed by atoms with van der Waals surface area (Å²) in [6, 6.07) is -0.170. The summed E-state index contributed by atoms with van der Waals surface area (Å²) in [5.74, 6) is -1.34. The molecule has 2 atom stereocenters. The third-order valence-corrected chi connectivity index (χ3v) is 4.18. The summed E-state index contributed by atoms with van der Waals surface area (Å²) >= 11 is 0. The highest BCUT2D eigenvalue weighted by Gasteiger charge is 2.35. The predicted octanol–water partition coefficient (Wildman–Crippen LogP) is 2.03. The zero-order valence-electron chi connectivity index (χ0n) is 13.6. The molecular weight excluding hydrogens is 260 g/mol. The van der Waals surface area contributed by atoms with Crippen LogP contribution in [0, 0.1) is 11.6 Å². The fourth-order valence-electron chi connectivity index (χ4n) is 3.35. The summed E-state index contributed by atoms with van der Waals surface area (Å²) < 4.78 is 51.7. The summed E-state index contributed by atoms with van der Waals surface area (Å²) in [5.41, 5.74) is 7.73. The van der Waals surface area contributed by atoms with Gasteiger partial charge in [0, 0.05) is 46.0 Å². The number of rotatable bonds is 0. The van der Waals surface area contributed by atoms with Gasteiger partial charge >= 0.3 is 0 Å². The molecule has 2 heterocycles. The van der Waals surface area contributed by atoms with Crippen LogP contribution in [-0.4, -0.2) is 35.5 Å². The van der Waals surface area contributed by atoms with Crippen LogP contribution in [0.2, 0.25) is 0 Å². The molecule has 0 spiro atoms. The summed E-state index contributed by atoms with van der Waals surface area (Å²) in [7, 11) is 0. The molecule has 1 aromatic carbocycles. The lowest BCUT2D eigenvalue weighted by Gasteiger charge is -2.39. The Morgan fingerprint density at radius 3 is 3.10 bits per heavy atom. The van der Waals surface area contributed by atoms with E-state index in [0.29, 0.717) is 17.4 Å². The third-order valence-electron chi connectivity index (χ3n) is 4.18. The third kappa shape index (κ3) is 1.45. The van der Waals surface area contributed by atoms with Crippen molar-refractivity contribution in [3.05, 3.63) is 41.1 Å². The number of benzene rings is 1. The molecule has 0 bridgehead atoms. The van der Waals surface area contributed by atoms with E-state index in [0.717, 1.165) is 11.6 Å². The minimum atomic E-state index is -2.33. The van der Waals surface area contributed by atoms with Crippen molar-refractivity contribution in [2.45, 2.75) is 18.5 Å². The Bertz CT molecular complexity index is 841. The maximum absolute atomic E-state index is 14.5. The minimum Gasteiger partial charge on any atom is -0.358 e. The van der Waals surface area contributed by atoms with Gasteiger partial charge in [-0.1, -0.05) is 6.08 Å². The van der Waals surface area contributed by atoms with E-state index in [-0.39, 0.29) is 17.6 Å². The van der Waals surface area contributed by atoms with Crippen molar-refractivity contribution in [1.29, 1.82) is 0 Å². The van der Waals surface area contributed by atoms with Crippen LogP contribution >= 0.6 is 0 Å². The monoisotopic (exact) mass is 278 g/mol. The summed E-state index contributed by atoms with van der Waals surface area (Å²) in [4.78, 5) is 4.16. The Kier molecular flexibility index (Phi) is 1.80. The summed E-state index contributed by atoms with van der Waals surface area (Å²) in [6.45, 7) is -2.15. The summed E-state index contributed by atoms with van der Waals surface area (Å²) in [5, 5.41) is 0.490. The molecule has 3 N–H and O–H groups in total. The van der Waals surface area contributed by atoms with Crippen molar-refractivity contribution < 1.29 is 12.9 Å². The highest BCUT2D eigenvalue weighted by atomic mass is 19.1. The van der Waals surface area contributed by atoms with Gasteiger partial charge in [-0.3, -0.25) is 4.90 Å². The van der Waals surface area contributed by atoms with Crippen molar-refractivity contribution in [3.8, 4) is 0 Å². The van der Waals surface area contributed by atoms with Gasteiger partial charge in [0.15, 0.2) is 0 Å². The van der Waals surface area contributed by atoms with Crippen molar-refractivity contribution >= 4 is 16.5 Å². The van der Waals surface area contributed by atoms with Gasteiger partial charge in [0.2, 0.25) is 0 Å². The molecule has 2 aliphatic rings. The fourth-order valence-corrected chi connectivity index (χ4v) is 3.35. The molecule has 4 rings (SSSR count). The number of likely N-dealkylation sites (N-methyl/N-ethyl adjacent to an activating group) is 1. The molecule has 20 heavy (non-hydrogen) atoms. The summed E-state index contributed by atoms with van der Waals surface area (Å²) in [6.07, 6.45) is 3.71. The Balaban J connectivity index is 1.99. The molecule has 1 aliphatic carbocycles. The zero-order chi connectivity index (χ0) is 16.5. The van der Waals surface area contributed by atoms with E-state index in [1.165, 1.54) is 4.90 Å². The lowest BCUT2D eigenvalue weighted by molar-refractivity contribution is 0.268. The van der Waals surface area contributed by atoms with Crippen LogP contribution in [0.15, 0.2) is 18.3 Å². The largest absolute Gasteiger partial charge is 0.358 e. The van der Waals surface area contributed by atoms with Crippen molar-refractivity contribution in [2.75, 3.05) is 13.5 Å². The second-order valence-corrected chi connectivity index (χ2v) is 5.44. The van der Waals surface area contributed by atoms with Gasteiger partial charge in [0.25, 0.3) is 0 Å². The number of nitrogens with one attached hydrogen (secondary N) is 1. The van der Waals surface area contributed by atoms with Gasteiger partial charge in [-0.15, -0.1) is 0 Å². The van der Waals surface area contributed by atoms with E-state index in [1.54, 1.807) is 12.3 Å². The molecular formula is C15H15F2N3. The van der Waals surface area contributed by atoms with E-state index in [2.05, 4.69) is 4.98 Å². The van der Waals surface area contributed by atoms with Crippen LogP contribution in [0.1, 0.15) is 15.2 Å². The van der Waals surface area contributed by atoms with Crippen LogP contribution in [0.5, 0.6) is 0 Å². The van der Waals surface area contributed by atoms with Crippen LogP contribution in [0.25, 0.3) is 16.5 Å². The first-order valence-electron chi connectivity index (χ1n) is 7.99. The number of aromatic nitrogens is 1. The van der Waals surface area contributed by atoms with E-state index >= 15 is 0 Å². The molecule has 0 amide bonds. The number of H-pyrrole nitrogens is 1. The number of halogens is 2. The van der Waals surface area contributed by atoms with E-state index in [9.17, 15) is 8.78 Å². The van der Waals surface area contributed by atoms with Gasteiger partial charge in [-0.05, 0) is 24.5 Å². The number of fused-ring (bicyclic) bond motifs is 2. The van der Waals surface area contributed by atoms with Crippen molar-refractivity contribution in [1.82, 2.24) is 9.88 Å². The van der Waals surface area contributed by atoms with Gasteiger partial charge in [0.05, 0.1) is 5.52 Å². The second kappa shape index (κ2) is 3.90. The number of hydrogen-bond acceptors (Lipinski definition) is 2. The standard InChI is InChI=1S/C15H15F2N3/c1-20-6-8(18)3-9-12(20)2-7-5-19-15-11(17)4-10(16)14(9)13(7)15/h3-5,8,12,19H,2,6,18H2,1H3/t8-,12+/m0/s1/i1D3. The molecule has 0 radical (unpaired) electrons. The zero-order valence-corrected chi connectivity index (χ0v) is 10.6. The van der Waals surface area contributed by atoms with E-state index in [4.69, 9.17) is 9.85 Å².